The van der Waals surface area contributed by atoms with Crippen molar-refractivity contribution in [3.8, 4) is 0 Å². The van der Waals surface area contributed by atoms with Gasteiger partial charge >= 0.3 is 6.03 Å². The van der Waals surface area contributed by atoms with E-state index in [9.17, 15) is 14.4 Å². The van der Waals surface area contributed by atoms with Crippen LogP contribution in [0.3, 0.4) is 0 Å². The number of hydrazine groups is 1. The van der Waals surface area contributed by atoms with E-state index in [2.05, 4.69) is 5.32 Å². The van der Waals surface area contributed by atoms with Crippen LogP contribution in [-0.4, -0.2) is 65.1 Å². The Morgan fingerprint density at radius 1 is 1.41 bits per heavy atom. The maximum atomic E-state index is 11.8. The second-order valence-electron chi connectivity index (χ2n) is 4.29. The summed E-state index contributed by atoms with van der Waals surface area (Å²) in [4.78, 5) is 36.0. The molecule has 17 heavy (non-hydrogen) atoms. The number of hydrogen-bond acceptors (Lipinski definition) is 4. The van der Waals surface area contributed by atoms with Gasteiger partial charge in [0.2, 0.25) is 11.8 Å². The van der Waals surface area contributed by atoms with E-state index in [0.717, 1.165) is 0 Å². The topological polar surface area (TPSA) is 99.0 Å². The summed E-state index contributed by atoms with van der Waals surface area (Å²) >= 11 is 0. The zero-order valence-electron chi connectivity index (χ0n) is 9.71. The van der Waals surface area contributed by atoms with Crippen molar-refractivity contribution in [2.75, 3.05) is 20.1 Å². The Kier molecular flexibility index (Phi) is 2.66. The van der Waals surface area contributed by atoms with Gasteiger partial charge in [-0.3, -0.25) is 9.59 Å². The van der Waals surface area contributed by atoms with Crippen molar-refractivity contribution < 1.29 is 14.4 Å². The van der Waals surface area contributed by atoms with Crippen LogP contribution in [0.25, 0.3) is 0 Å². The second-order valence-corrected chi connectivity index (χ2v) is 4.29. The first kappa shape index (κ1) is 11.6. The molecule has 0 radical (unpaired) electrons. The standard InChI is InChI=1S/C9H15N5O3/c1-5-8-13(3-6(15)11-5)7(16)4-12(2)14(8)9(10)17/h5,8H,3-4H2,1-2H3,(H2,10,17)(H,11,15). The third-order valence-corrected chi connectivity index (χ3v) is 3.00. The molecule has 8 heteroatoms. The summed E-state index contributed by atoms with van der Waals surface area (Å²) in [5.74, 6) is -0.409. The Bertz CT molecular complexity index is 385. The summed E-state index contributed by atoms with van der Waals surface area (Å²) in [6, 6.07) is -0.992. The van der Waals surface area contributed by atoms with Crippen LogP contribution in [0.5, 0.6) is 0 Å². The van der Waals surface area contributed by atoms with Crippen LogP contribution < -0.4 is 11.1 Å². The van der Waals surface area contributed by atoms with Crippen molar-refractivity contribution in [1.29, 1.82) is 0 Å². The minimum absolute atomic E-state index is 0.0362. The molecule has 4 amide bonds. The number of amides is 4. The number of likely N-dealkylation sites (N-methyl/N-ethyl adjacent to an activating group) is 1. The van der Waals surface area contributed by atoms with Crippen LogP contribution in [0.1, 0.15) is 6.92 Å². The van der Waals surface area contributed by atoms with Crippen molar-refractivity contribution in [1.82, 2.24) is 20.2 Å². The quantitative estimate of drug-likeness (QED) is 0.507. The lowest BCUT2D eigenvalue weighted by Crippen LogP contribution is -2.75. The molecule has 0 aromatic heterocycles. The Hall–Kier alpha value is -1.83. The van der Waals surface area contributed by atoms with Crippen molar-refractivity contribution in [3.05, 3.63) is 0 Å². The molecule has 2 saturated heterocycles. The minimum Gasteiger partial charge on any atom is -0.350 e. The Labute approximate surface area is 98.3 Å². The zero-order chi connectivity index (χ0) is 12.7. The molecule has 0 spiro atoms. The van der Waals surface area contributed by atoms with E-state index in [4.69, 9.17) is 5.73 Å². The molecule has 0 aromatic carbocycles. The number of fused-ring (bicyclic) bond motifs is 1. The summed E-state index contributed by atoms with van der Waals surface area (Å²) in [5, 5.41) is 5.46. The number of nitrogens with two attached hydrogens (primary N) is 1. The fraction of sp³-hybridized carbons (Fsp3) is 0.667. The lowest BCUT2D eigenvalue weighted by atomic mass is 10.1. The molecule has 2 unspecified atom stereocenters. The summed E-state index contributed by atoms with van der Waals surface area (Å²) < 4.78 is 0. The number of carbonyl (C=O) groups excluding carboxylic acids is 3. The van der Waals surface area contributed by atoms with Crippen LogP contribution in [0.15, 0.2) is 0 Å². The predicted octanol–water partition coefficient (Wildman–Crippen LogP) is -2.10. The minimum atomic E-state index is -0.641. The molecule has 2 heterocycles. The van der Waals surface area contributed by atoms with Gasteiger partial charge in [-0.15, -0.1) is 0 Å². The first-order valence-corrected chi connectivity index (χ1v) is 5.30. The van der Waals surface area contributed by atoms with Crippen molar-refractivity contribution in [3.63, 3.8) is 0 Å². The maximum Gasteiger partial charge on any atom is 0.331 e. The van der Waals surface area contributed by atoms with Gasteiger partial charge in [-0.25, -0.2) is 14.8 Å². The number of urea groups is 1. The molecule has 0 bridgehead atoms. The maximum absolute atomic E-state index is 11.8. The molecule has 2 aliphatic heterocycles. The number of carbonyl (C=O) groups is 3. The van der Waals surface area contributed by atoms with Gasteiger partial charge in [0.05, 0.1) is 12.6 Å². The number of hydrogen-bond donors (Lipinski definition) is 2. The van der Waals surface area contributed by atoms with Gasteiger partial charge in [0.25, 0.3) is 0 Å². The first-order valence-electron chi connectivity index (χ1n) is 5.30. The van der Waals surface area contributed by atoms with Gasteiger partial charge in [-0.1, -0.05) is 0 Å². The van der Waals surface area contributed by atoms with Crippen molar-refractivity contribution in [2.45, 2.75) is 19.1 Å². The van der Waals surface area contributed by atoms with Gasteiger partial charge in [-0.2, -0.15) is 0 Å². The number of piperazine rings is 1. The van der Waals surface area contributed by atoms with E-state index in [1.54, 1.807) is 14.0 Å². The van der Waals surface area contributed by atoms with Crippen molar-refractivity contribution >= 4 is 17.8 Å². The Morgan fingerprint density at radius 2 is 2.06 bits per heavy atom. The molecule has 2 fully saturated rings. The molecular formula is C9H15N5O3. The van der Waals surface area contributed by atoms with Crippen LogP contribution >= 0.6 is 0 Å². The van der Waals surface area contributed by atoms with Gasteiger partial charge in [0.15, 0.2) is 0 Å². The number of rotatable bonds is 0. The monoisotopic (exact) mass is 241 g/mol. The molecular weight excluding hydrogens is 226 g/mol. The third kappa shape index (κ3) is 1.80. The molecule has 2 atom stereocenters. The highest BCUT2D eigenvalue weighted by molar-refractivity contribution is 5.89. The highest BCUT2D eigenvalue weighted by Gasteiger charge is 2.46. The van der Waals surface area contributed by atoms with Crippen LogP contribution in [0.2, 0.25) is 0 Å². The number of nitrogens with one attached hydrogen (secondary N) is 1. The van der Waals surface area contributed by atoms with E-state index in [-0.39, 0.29) is 30.9 Å². The molecule has 0 aliphatic carbocycles. The van der Waals surface area contributed by atoms with Gasteiger partial charge < -0.3 is 16.0 Å². The van der Waals surface area contributed by atoms with Crippen LogP contribution in [0, 0.1) is 0 Å². The lowest BCUT2D eigenvalue weighted by Gasteiger charge is -2.51. The SMILES string of the molecule is CC1NC(=O)CN2C(=O)CN(C)N(C(N)=O)C12. The normalized spacial score (nSPS) is 30.0. The fourth-order valence-electron chi connectivity index (χ4n) is 2.34. The molecule has 3 N–H and O–H groups in total. The van der Waals surface area contributed by atoms with E-state index in [1.165, 1.54) is 14.9 Å². The zero-order valence-corrected chi connectivity index (χ0v) is 9.71. The lowest BCUT2D eigenvalue weighted by molar-refractivity contribution is -0.173. The van der Waals surface area contributed by atoms with Crippen LogP contribution in [-0.2, 0) is 9.59 Å². The number of nitrogens with zero attached hydrogens (tertiary/aromatic N) is 3. The number of primary amides is 1. The first-order chi connectivity index (χ1) is 7.91. The van der Waals surface area contributed by atoms with Crippen molar-refractivity contribution in [2.24, 2.45) is 5.73 Å². The summed E-state index contributed by atoms with van der Waals surface area (Å²) in [6.45, 7) is 1.74. The molecule has 0 aromatic rings. The highest BCUT2D eigenvalue weighted by Crippen LogP contribution is 2.21. The average Bonchev–Trinajstić information content (AvgIpc) is 2.19. The molecule has 2 rings (SSSR count). The van der Waals surface area contributed by atoms with Gasteiger partial charge in [0, 0.05) is 7.05 Å². The Morgan fingerprint density at radius 3 is 2.65 bits per heavy atom. The summed E-state index contributed by atoms with van der Waals surface area (Å²) in [6.07, 6.45) is -0.545. The summed E-state index contributed by atoms with van der Waals surface area (Å²) in [7, 11) is 1.61. The van der Waals surface area contributed by atoms with Gasteiger partial charge in [0.1, 0.15) is 12.7 Å². The van der Waals surface area contributed by atoms with E-state index < -0.39 is 12.2 Å². The van der Waals surface area contributed by atoms with Crippen LogP contribution in [0.4, 0.5) is 4.79 Å². The fourth-order valence-corrected chi connectivity index (χ4v) is 2.34. The molecule has 2 aliphatic rings. The van der Waals surface area contributed by atoms with E-state index in [0.29, 0.717) is 0 Å². The third-order valence-electron chi connectivity index (χ3n) is 3.00. The molecule has 94 valence electrons. The molecule has 0 saturated carbocycles. The predicted molar refractivity (Wildman–Crippen MR) is 57.2 cm³/mol. The average molecular weight is 241 g/mol. The van der Waals surface area contributed by atoms with E-state index >= 15 is 0 Å². The highest BCUT2D eigenvalue weighted by atomic mass is 16.2. The smallest absolute Gasteiger partial charge is 0.331 e. The van der Waals surface area contributed by atoms with E-state index in [1.807, 2.05) is 0 Å². The summed E-state index contributed by atoms with van der Waals surface area (Å²) in [5.41, 5.74) is 5.30. The second kappa shape index (κ2) is 3.88. The van der Waals surface area contributed by atoms with Gasteiger partial charge in [-0.05, 0) is 6.92 Å². The Balaban J connectivity index is 2.34. The molecule has 8 nitrogen and oxygen atoms in total. The largest absolute Gasteiger partial charge is 0.350 e.